The fraction of sp³-hybridized carbons (Fsp3) is 1.00. The summed E-state index contributed by atoms with van der Waals surface area (Å²) < 4.78 is 28.9. The van der Waals surface area contributed by atoms with Crippen LogP contribution in [0.2, 0.25) is 6.04 Å². The van der Waals surface area contributed by atoms with Crippen molar-refractivity contribution in [2.45, 2.75) is 65.0 Å². The van der Waals surface area contributed by atoms with E-state index in [1.807, 2.05) is 0 Å². The first-order valence-electron chi connectivity index (χ1n) is 8.87. The van der Waals surface area contributed by atoms with Gasteiger partial charge in [0.05, 0.1) is 13.2 Å². The molecule has 6 heteroatoms. The lowest BCUT2D eigenvalue weighted by atomic mass is 10.3. The van der Waals surface area contributed by atoms with Gasteiger partial charge < -0.3 is 22.8 Å². The second kappa shape index (κ2) is 12.4. The zero-order valence-electron chi connectivity index (χ0n) is 14.6. The van der Waals surface area contributed by atoms with Gasteiger partial charge in [0.15, 0.2) is 0 Å². The lowest BCUT2D eigenvalue weighted by Crippen LogP contribution is -2.46. The van der Waals surface area contributed by atoms with E-state index in [4.69, 9.17) is 22.8 Å². The first-order chi connectivity index (χ1) is 10.8. The molecule has 1 heterocycles. The first kappa shape index (κ1) is 20.1. The zero-order chi connectivity index (χ0) is 16.1. The molecule has 1 saturated heterocycles. The van der Waals surface area contributed by atoms with Gasteiger partial charge in [-0.1, -0.05) is 20.8 Å². The van der Waals surface area contributed by atoms with Gasteiger partial charge >= 0.3 is 8.80 Å². The Kier molecular flexibility index (Phi) is 11.3. The van der Waals surface area contributed by atoms with E-state index < -0.39 is 8.80 Å². The van der Waals surface area contributed by atoms with E-state index in [1.54, 1.807) is 0 Å². The predicted octanol–water partition coefficient (Wildman–Crippen LogP) is 3.40. The van der Waals surface area contributed by atoms with E-state index in [-0.39, 0.29) is 0 Å². The highest BCUT2D eigenvalue weighted by atomic mass is 28.4. The molecule has 1 unspecified atom stereocenters. The highest BCUT2D eigenvalue weighted by Crippen LogP contribution is 2.20. The van der Waals surface area contributed by atoms with Crippen LogP contribution in [0.15, 0.2) is 0 Å². The molecule has 5 nitrogen and oxygen atoms in total. The van der Waals surface area contributed by atoms with Crippen molar-refractivity contribution in [3.8, 4) is 0 Å². The predicted molar refractivity (Wildman–Crippen MR) is 89.1 cm³/mol. The smallest absolute Gasteiger partial charge is 0.379 e. The Balaban J connectivity index is 2.30. The molecule has 132 valence electrons. The minimum atomic E-state index is -2.51. The summed E-state index contributed by atoms with van der Waals surface area (Å²) >= 11 is 0. The lowest BCUT2D eigenvalue weighted by Gasteiger charge is -2.29. The van der Waals surface area contributed by atoms with Crippen molar-refractivity contribution in [3.63, 3.8) is 0 Å². The lowest BCUT2D eigenvalue weighted by molar-refractivity contribution is 0.0573. The Morgan fingerprint density at radius 1 is 0.864 bits per heavy atom. The SMILES string of the molecule is CCCO[Si](CCCCOCC1CO1)(OCCC)OCCC. The molecule has 0 radical (unpaired) electrons. The Morgan fingerprint density at radius 2 is 1.41 bits per heavy atom. The van der Waals surface area contributed by atoms with Gasteiger partial charge in [-0.3, -0.25) is 0 Å². The fourth-order valence-corrected chi connectivity index (χ4v) is 4.95. The quantitative estimate of drug-likeness (QED) is 0.246. The Morgan fingerprint density at radius 3 is 1.86 bits per heavy atom. The summed E-state index contributed by atoms with van der Waals surface area (Å²) in [5.41, 5.74) is 0. The normalized spacial score (nSPS) is 17.9. The van der Waals surface area contributed by atoms with Gasteiger partial charge in [0, 0.05) is 32.5 Å². The summed E-state index contributed by atoms with van der Waals surface area (Å²) in [6.07, 6.45) is 5.36. The minimum absolute atomic E-state index is 0.349. The summed E-state index contributed by atoms with van der Waals surface area (Å²) in [4.78, 5) is 0. The molecule has 0 saturated carbocycles. The van der Waals surface area contributed by atoms with Crippen LogP contribution in [-0.4, -0.2) is 54.5 Å². The molecule has 0 bridgehead atoms. The van der Waals surface area contributed by atoms with Crippen molar-refractivity contribution in [2.75, 3.05) is 39.6 Å². The van der Waals surface area contributed by atoms with Gasteiger partial charge in [-0.15, -0.1) is 0 Å². The van der Waals surface area contributed by atoms with Gasteiger partial charge in [-0.05, 0) is 32.1 Å². The summed E-state index contributed by atoms with van der Waals surface area (Å²) in [6, 6.07) is 0.885. The number of hydrogen-bond acceptors (Lipinski definition) is 5. The molecule has 1 fully saturated rings. The van der Waals surface area contributed by atoms with Crippen molar-refractivity contribution in [1.82, 2.24) is 0 Å². The Bertz CT molecular complexity index is 239. The van der Waals surface area contributed by atoms with Crippen LogP contribution < -0.4 is 0 Å². The third-order valence-electron chi connectivity index (χ3n) is 3.31. The van der Waals surface area contributed by atoms with Crippen LogP contribution in [-0.2, 0) is 22.8 Å². The molecule has 0 aromatic heterocycles. The number of hydrogen-bond donors (Lipinski definition) is 0. The van der Waals surface area contributed by atoms with Gasteiger partial charge in [0.2, 0.25) is 0 Å². The fourth-order valence-electron chi connectivity index (χ4n) is 2.04. The van der Waals surface area contributed by atoms with E-state index in [0.29, 0.717) is 6.10 Å². The number of unbranched alkanes of at least 4 members (excludes halogenated alkanes) is 1. The molecule has 1 atom stereocenters. The van der Waals surface area contributed by atoms with Crippen molar-refractivity contribution in [1.29, 1.82) is 0 Å². The van der Waals surface area contributed by atoms with Crippen LogP contribution in [0.4, 0.5) is 0 Å². The average Bonchev–Trinajstić information content (AvgIpc) is 3.36. The zero-order valence-corrected chi connectivity index (χ0v) is 15.6. The van der Waals surface area contributed by atoms with E-state index in [2.05, 4.69) is 20.8 Å². The van der Waals surface area contributed by atoms with Crippen LogP contribution in [0.5, 0.6) is 0 Å². The van der Waals surface area contributed by atoms with Gasteiger partial charge in [0.1, 0.15) is 6.10 Å². The molecule has 0 aromatic carbocycles. The summed E-state index contributed by atoms with van der Waals surface area (Å²) in [6.45, 7) is 10.9. The Labute approximate surface area is 137 Å². The standard InChI is InChI=1S/C16H34O5Si/c1-4-9-19-22(20-10-5-2,21-11-6-3)13-8-7-12-17-14-16-15-18-16/h16H,4-15H2,1-3H3. The maximum Gasteiger partial charge on any atom is 0.500 e. The van der Waals surface area contributed by atoms with Crippen molar-refractivity contribution >= 4 is 8.80 Å². The van der Waals surface area contributed by atoms with E-state index in [9.17, 15) is 0 Å². The van der Waals surface area contributed by atoms with E-state index >= 15 is 0 Å². The highest BCUT2D eigenvalue weighted by Gasteiger charge is 2.40. The molecule has 22 heavy (non-hydrogen) atoms. The molecule has 0 spiro atoms. The minimum Gasteiger partial charge on any atom is -0.379 e. The number of epoxide rings is 1. The van der Waals surface area contributed by atoms with E-state index in [1.165, 1.54) is 0 Å². The molecular weight excluding hydrogens is 300 g/mol. The topological polar surface area (TPSA) is 49.5 Å². The van der Waals surface area contributed by atoms with Crippen LogP contribution >= 0.6 is 0 Å². The summed E-state index contributed by atoms with van der Waals surface area (Å²) in [7, 11) is -2.51. The third-order valence-corrected chi connectivity index (χ3v) is 6.20. The summed E-state index contributed by atoms with van der Waals surface area (Å²) in [5, 5.41) is 0. The van der Waals surface area contributed by atoms with Crippen LogP contribution in [0.25, 0.3) is 0 Å². The average molecular weight is 335 g/mol. The Hall–Kier alpha value is 0.0169. The summed E-state index contributed by atoms with van der Waals surface area (Å²) in [5.74, 6) is 0. The van der Waals surface area contributed by atoms with Crippen molar-refractivity contribution in [3.05, 3.63) is 0 Å². The monoisotopic (exact) mass is 334 g/mol. The van der Waals surface area contributed by atoms with Crippen LogP contribution in [0.1, 0.15) is 52.9 Å². The van der Waals surface area contributed by atoms with Gasteiger partial charge in [-0.2, -0.15) is 0 Å². The van der Waals surface area contributed by atoms with Crippen molar-refractivity contribution in [2.24, 2.45) is 0 Å². The molecule has 1 rings (SSSR count). The number of rotatable bonds is 16. The van der Waals surface area contributed by atoms with Crippen LogP contribution in [0.3, 0.4) is 0 Å². The maximum atomic E-state index is 6.07. The molecule has 1 aliphatic rings. The van der Waals surface area contributed by atoms with Crippen molar-refractivity contribution < 1.29 is 22.8 Å². The highest BCUT2D eigenvalue weighted by molar-refractivity contribution is 6.60. The number of ether oxygens (including phenoxy) is 2. The molecule has 1 aliphatic heterocycles. The molecule has 0 N–H and O–H groups in total. The molecule has 0 aliphatic carbocycles. The third kappa shape index (κ3) is 9.22. The molecular formula is C16H34O5Si. The molecule has 0 amide bonds. The van der Waals surface area contributed by atoms with Gasteiger partial charge in [-0.25, -0.2) is 0 Å². The van der Waals surface area contributed by atoms with Gasteiger partial charge in [0.25, 0.3) is 0 Å². The largest absolute Gasteiger partial charge is 0.500 e. The van der Waals surface area contributed by atoms with E-state index in [0.717, 1.165) is 77.8 Å². The molecule has 0 aromatic rings. The maximum absolute atomic E-state index is 6.07. The second-order valence-corrected chi connectivity index (χ2v) is 8.45. The second-order valence-electron chi connectivity index (χ2n) is 5.72. The van der Waals surface area contributed by atoms with Crippen LogP contribution in [0, 0.1) is 0 Å². The first-order valence-corrected chi connectivity index (χ1v) is 10.8.